The molecular weight excluding hydrogens is 392 g/mol. The molecule has 1 N–H and O–H groups in total. The lowest BCUT2D eigenvalue weighted by atomic mass is 9.60. The lowest BCUT2D eigenvalue weighted by Crippen LogP contribution is -2.36. The van der Waals surface area contributed by atoms with Crippen molar-refractivity contribution in [3.8, 4) is 0 Å². The number of aliphatic hydroxyl groups is 1. The first kappa shape index (κ1) is 24.3. The maximum Gasteiger partial charge on any atom is 0.0847 e. The normalized spacial score (nSPS) is 39.0. The molecule has 0 aromatic carbocycles. The zero-order valence-electron chi connectivity index (χ0n) is 21.5. The summed E-state index contributed by atoms with van der Waals surface area (Å²) in [4.78, 5) is 0. The molecule has 6 atom stereocenters. The summed E-state index contributed by atoms with van der Waals surface area (Å²) in [7, 11) is 0. The fraction of sp³-hybridized carbons (Fsp3) is 0.800. The third kappa shape index (κ3) is 5.27. The van der Waals surface area contributed by atoms with Crippen molar-refractivity contribution in [1.29, 1.82) is 0 Å². The summed E-state index contributed by atoms with van der Waals surface area (Å²) in [6.07, 6.45) is 20.4. The van der Waals surface area contributed by atoms with Gasteiger partial charge in [0.25, 0.3) is 0 Å². The van der Waals surface area contributed by atoms with Crippen LogP contribution < -0.4 is 0 Å². The van der Waals surface area contributed by atoms with E-state index in [0.717, 1.165) is 49.2 Å². The van der Waals surface area contributed by atoms with E-state index < -0.39 is 0 Å². The van der Waals surface area contributed by atoms with Gasteiger partial charge in [-0.15, -0.1) is 0 Å². The van der Waals surface area contributed by atoms with Crippen molar-refractivity contribution in [2.75, 3.05) is 6.61 Å². The lowest BCUT2D eigenvalue weighted by Gasteiger charge is -2.44. The molecule has 0 aromatic rings. The summed E-state index contributed by atoms with van der Waals surface area (Å²) in [5.74, 6) is 2.48. The van der Waals surface area contributed by atoms with Gasteiger partial charge in [-0.25, -0.2) is 0 Å². The van der Waals surface area contributed by atoms with Crippen molar-refractivity contribution < 1.29 is 9.84 Å². The van der Waals surface area contributed by atoms with Gasteiger partial charge in [-0.05, 0) is 91.9 Å². The minimum absolute atomic E-state index is 0.110. The molecule has 2 nitrogen and oxygen atoms in total. The summed E-state index contributed by atoms with van der Waals surface area (Å²) in [6.45, 7) is 13.1. The second kappa shape index (κ2) is 9.79. The molecule has 2 unspecified atom stereocenters. The van der Waals surface area contributed by atoms with Gasteiger partial charge < -0.3 is 9.84 Å². The quantitative estimate of drug-likeness (QED) is 0.442. The SMILES string of the molecule is C[C@H](CCCC(C)(C)C)C1CCC2/C(=C/C=C3\C[C@@H](O)C4=CCCO[C@@H]4C3)CCC[C@@]21C. The standard InChI is InChI=1S/C30H48O2/c1-21(9-6-16-29(2,3)4)25-14-15-26-23(10-7-17-30(25,26)5)13-12-22-19-27(31)24-11-8-18-32-28(24)20-22/h11-13,21,25-28,31H,6-10,14-20H2,1-5H3/b22-12+,23-13+/t21-,25?,26?,27-,28-,30-/m1/s1. The minimum Gasteiger partial charge on any atom is -0.388 e. The number of allylic oxidation sites excluding steroid dienone is 3. The highest BCUT2D eigenvalue weighted by atomic mass is 16.5. The second-order valence-corrected chi connectivity index (χ2v) is 12.9. The maximum absolute atomic E-state index is 10.6. The van der Waals surface area contributed by atoms with Crippen LogP contribution in [0.5, 0.6) is 0 Å². The van der Waals surface area contributed by atoms with Gasteiger partial charge >= 0.3 is 0 Å². The van der Waals surface area contributed by atoms with E-state index in [2.05, 4.69) is 52.8 Å². The molecule has 0 radical (unpaired) electrons. The zero-order valence-corrected chi connectivity index (χ0v) is 21.5. The molecular formula is C30H48O2. The van der Waals surface area contributed by atoms with Crippen LogP contribution >= 0.6 is 0 Å². The maximum atomic E-state index is 10.6. The van der Waals surface area contributed by atoms with Gasteiger partial charge in [0.05, 0.1) is 18.8 Å². The van der Waals surface area contributed by atoms with E-state index in [1.807, 2.05) is 0 Å². The van der Waals surface area contributed by atoms with Gasteiger partial charge in [-0.3, -0.25) is 0 Å². The zero-order chi connectivity index (χ0) is 22.9. The minimum atomic E-state index is -0.347. The first-order valence-electron chi connectivity index (χ1n) is 13.6. The molecule has 0 aromatic heterocycles. The van der Waals surface area contributed by atoms with E-state index in [0.29, 0.717) is 10.8 Å². The highest BCUT2D eigenvalue weighted by molar-refractivity contribution is 5.31. The predicted octanol–water partition coefficient (Wildman–Crippen LogP) is 7.78. The Morgan fingerprint density at radius 2 is 2.03 bits per heavy atom. The van der Waals surface area contributed by atoms with E-state index in [9.17, 15) is 5.11 Å². The number of rotatable bonds is 5. The van der Waals surface area contributed by atoms with Crippen LogP contribution in [0.3, 0.4) is 0 Å². The third-order valence-electron chi connectivity index (χ3n) is 9.32. The molecule has 4 aliphatic rings. The van der Waals surface area contributed by atoms with E-state index in [-0.39, 0.29) is 12.2 Å². The third-order valence-corrected chi connectivity index (χ3v) is 9.32. The highest BCUT2D eigenvalue weighted by Crippen LogP contribution is 2.60. The summed E-state index contributed by atoms with van der Waals surface area (Å²) in [5.41, 5.74) is 5.13. The Labute approximate surface area is 197 Å². The highest BCUT2D eigenvalue weighted by Gasteiger charge is 2.50. The monoisotopic (exact) mass is 440 g/mol. The van der Waals surface area contributed by atoms with Crippen molar-refractivity contribution >= 4 is 0 Å². The van der Waals surface area contributed by atoms with Gasteiger partial charge in [-0.1, -0.05) is 76.8 Å². The van der Waals surface area contributed by atoms with Gasteiger partial charge in [0.2, 0.25) is 0 Å². The second-order valence-electron chi connectivity index (χ2n) is 12.9. The molecule has 1 heterocycles. The molecule has 3 saturated carbocycles. The van der Waals surface area contributed by atoms with Crippen LogP contribution in [-0.4, -0.2) is 23.9 Å². The largest absolute Gasteiger partial charge is 0.388 e. The number of aliphatic hydroxyl groups excluding tert-OH is 1. The van der Waals surface area contributed by atoms with Gasteiger partial charge in [0.1, 0.15) is 0 Å². The van der Waals surface area contributed by atoms with Crippen LogP contribution in [-0.2, 0) is 4.74 Å². The molecule has 0 amide bonds. The molecule has 3 aliphatic carbocycles. The molecule has 0 spiro atoms. The fourth-order valence-electron chi connectivity index (χ4n) is 7.61. The molecule has 0 bridgehead atoms. The van der Waals surface area contributed by atoms with Gasteiger partial charge in [0, 0.05) is 0 Å². The van der Waals surface area contributed by atoms with Crippen molar-refractivity contribution in [3.63, 3.8) is 0 Å². The Kier molecular flexibility index (Phi) is 7.42. The van der Waals surface area contributed by atoms with Crippen LogP contribution in [0.2, 0.25) is 0 Å². The average Bonchev–Trinajstić information content (AvgIpc) is 3.09. The Morgan fingerprint density at radius 1 is 1.22 bits per heavy atom. The average molecular weight is 441 g/mol. The molecule has 32 heavy (non-hydrogen) atoms. The van der Waals surface area contributed by atoms with E-state index >= 15 is 0 Å². The van der Waals surface area contributed by atoms with Crippen LogP contribution in [0, 0.1) is 28.6 Å². The number of ether oxygens (including phenoxy) is 1. The molecule has 180 valence electrons. The first-order chi connectivity index (χ1) is 15.2. The van der Waals surface area contributed by atoms with Crippen molar-refractivity contribution in [1.82, 2.24) is 0 Å². The first-order valence-corrected chi connectivity index (χ1v) is 13.6. The van der Waals surface area contributed by atoms with Crippen molar-refractivity contribution in [2.45, 2.75) is 117 Å². The Bertz CT molecular complexity index is 751. The Hall–Kier alpha value is -0.860. The summed E-state index contributed by atoms with van der Waals surface area (Å²) >= 11 is 0. The fourth-order valence-corrected chi connectivity index (χ4v) is 7.61. The molecule has 3 fully saturated rings. The number of hydrogen-bond acceptors (Lipinski definition) is 2. The Balaban J connectivity index is 1.42. The number of hydrogen-bond donors (Lipinski definition) is 1. The summed E-state index contributed by atoms with van der Waals surface area (Å²) in [5, 5.41) is 10.6. The molecule has 2 heteroatoms. The summed E-state index contributed by atoms with van der Waals surface area (Å²) < 4.78 is 5.96. The van der Waals surface area contributed by atoms with Gasteiger partial charge in [0.15, 0.2) is 0 Å². The lowest BCUT2D eigenvalue weighted by molar-refractivity contribution is 0.0368. The van der Waals surface area contributed by atoms with Crippen LogP contribution in [0.4, 0.5) is 0 Å². The smallest absolute Gasteiger partial charge is 0.0847 e. The molecule has 4 rings (SSSR count). The van der Waals surface area contributed by atoms with Crippen LogP contribution in [0.1, 0.15) is 105 Å². The summed E-state index contributed by atoms with van der Waals surface area (Å²) in [6, 6.07) is 0. The van der Waals surface area contributed by atoms with Crippen molar-refractivity contribution in [2.24, 2.45) is 28.6 Å². The van der Waals surface area contributed by atoms with Crippen LogP contribution in [0.15, 0.2) is 34.9 Å². The molecule has 0 saturated heterocycles. The Morgan fingerprint density at radius 3 is 2.81 bits per heavy atom. The predicted molar refractivity (Wildman–Crippen MR) is 134 cm³/mol. The molecule has 1 aliphatic heterocycles. The van der Waals surface area contributed by atoms with Crippen molar-refractivity contribution in [3.05, 3.63) is 34.9 Å². The van der Waals surface area contributed by atoms with E-state index in [4.69, 9.17) is 4.74 Å². The number of fused-ring (bicyclic) bond motifs is 2. The van der Waals surface area contributed by atoms with E-state index in [1.165, 1.54) is 56.9 Å². The van der Waals surface area contributed by atoms with Gasteiger partial charge in [-0.2, -0.15) is 0 Å². The topological polar surface area (TPSA) is 29.5 Å². The van der Waals surface area contributed by atoms with Crippen LogP contribution in [0.25, 0.3) is 0 Å². The van der Waals surface area contributed by atoms with E-state index in [1.54, 1.807) is 5.57 Å².